The van der Waals surface area contributed by atoms with Crippen LogP contribution in [0.25, 0.3) is 0 Å². The van der Waals surface area contributed by atoms with E-state index in [0.717, 1.165) is 31.4 Å². The first kappa shape index (κ1) is 27.4. The molecule has 0 spiro atoms. The summed E-state index contributed by atoms with van der Waals surface area (Å²) in [7, 11) is 0. The molecule has 0 aliphatic carbocycles. The zero-order valence-electron chi connectivity index (χ0n) is 19.0. The summed E-state index contributed by atoms with van der Waals surface area (Å²) in [5, 5.41) is 0. The van der Waals surface area contributed by atoms with Crippen molar-refractivity contribution in [3.8, 4) is 0 Å². The summed E-state index contributed by atoms with van der Waals surface area (Å²) in [6.45, 7) is 5.16. The highest BCUT2D eigenvalue weighted by atomic mass is 16.5. The van der Waals surface area contributed by atoms with Crippen LogP contribution in [-0.4, -0.2) is 25.2 Å². The lowest BCUT2D eigenvalue weighted by Crippen LogP contribution is -2.05. The van der Waals surface area contributed by atoms with Gasteiger partial charge in [0.1, 0.15) is 0 Å². The highest BCUT2D eigenvalue weighted by Crippen LogP contribution is 2.09. The molecule has 4 nitrogen and oxygen atoms in total. The van der Waals surface area contributed by atoms with Gasteiger partial charge >= 0.3 is 11.9 Å². The van der Waals surface area contributed by atoms with Crippen LogP contribution in [0.2, 0.25) is 0 Å². The summed E-state index contributed by atoms with van der Waals surface area (Å²) >= 11 is 0. The molecule has 0 unspecified atom stereocenters. The van der Waals surface area contributed by atoms with Gasteiger partial charge in [0.25, 0.3) is 0 Å². The van der Waals surface area contributed by atoms with Gasteiger partial charge < -0.3 is 9.47 Å². The van der Waals surface area contributed by atoms with Gasteiger partial charge in [-0.2, -0.15) is 0 Å². The third-order valence-corrected chi connectivity index (χ3v) is 4.77. The van der Waals surface area contributed by atoms with Crippen molar-refractivity contribution in [3.05, 3.63) is 24.3 Å². The Morgan fingerprint density at radius 1 is 0.552 bits per heavy atom. The molecule has 0 radical (unpaired) electrons. The number of hydrogen-bond acceptors (Lipinski definition) is 4. The molecule has 0 aromatic heterocycles. The molecule has 0 rings (SSSR count). The number of carbonyl (C=O) groups excluding carboxylic acids is 2. The fraction of sp³-hybridized carbons (Fsp3) is 0.760. The van der Waals surface area contributed by atoms with Crippen LogP contribution in [-0.2, 0) is 19.1 Å². The minimum atomic E-state index is -0.499. The first-order chi connectivity index (χ1) is 14.2. The summed E-state index contributed by atoms with van der Waals surface area (Å²) in [5.41, 5.74) is 0. The number of allylic oxidation sites excluding steroid dienone is 1. The van der Waals surface area contributed by atoms with Gasteiger partial charge in [-0.05, 0) is 25.7 Å². The van der Waals surface area contributed by atoms with E-state index >= 15 is 0 Å². The first-order valence-corrected chi connectivity index (χ1v) is 11.9. The third-order valence-electron chi connectivity index (χ3n) is 4.77. The van der Waals surface area contributed by atoms with Gasteiger partial charge in [0, 0.05) is 12.2 Å². The molecule has 0 heterocycles. The van der Waals surface area contributed by atoms with Crippen LogP contribution >= 0.6 is 0 Å². The molecule has 0 saturated heterocycles. The summed E-state index contributed by atoms with van der Waals surface area (Å²) in [5.74, 6) is -0.982. The van der Waals surface area contributed by atoms with Crippen molar-refractivity contribution >= 4 is 11.9 Å². The van der Waals surface area contributed by atoms with Crippen molar-refractivity contribution in [2.24, 2.45) is 0 Å². The second kappa shape index (κ2) is 22.7. The number of unbranched alkanes of at least 4 members (excludes halogenated alkanes) is 12. The van der Waals surface area contributed by atoms with Crippen LogP contribution in [0.1, 0.15) is 110 Å². The van der Waals surface area contributed by atoms with Crippen molar-refractivity contribution in [2.75, 3.05) is 13.2 Å². The molecule has 4 heteroatoms. The third kappa shape index (κ3) is 22.6. The van der Waals surface area contributed by atoms with Crippen molar-refractivity contribution < 1.29 is 19.1 Å². The normalized spacial score (nSPS) is 11.4. The second-order valence-corrected chi connectivity index (χ2v) is 7.61. The van der Waals surface area contributed by atoms with Crippen LogP contribution in [0.5, 0.6) is 0 Å². The zero-order chi connectivity index (χ0) is 21.4. The smallest absolute Gasteiger partial charge is 0.331 e. The van der Waals surface area contributed by atoms with Crippen LogP contribution in [0.4, 0.5) is 0 Å². The lowest BCUT2D eigenvalue weighted by Gasteiger charge is -2.02. The summed E-state index contributed by atoms with van der Waals surface area (Å²) in [6, 6.07) is 0. The van der Waals surface area contributed by atoms with Crippen LogP contribution in [0, 0.1) is 0 Å². The lowest BCUT2D eigenvalue weighted by molar-refractivity contribution is -0.140. The largest absolute Gasteiger partial charge is 0.463 e. The van der Waals surface area contributed by atoms with E-state index in [1.54, 1.807) is 0 Å². The lowest BCUT2D eigenvalue weighted by atomic mass is 10.1. The standard InChI is InChI=1S/C25H44O4/c1-3-5-7-9-10-11-12-13-14-15-17-19-23-29-25(27)21-20-24(26)28-22-18-16-8-6-4-2/h15,17,20-21H,3-14,16,18-19,22-23H2,1-2H3/b17-15+,21-20+. The molecule has 0 aliphatic heterocycles. The van der Waals surface area contributed by atoms with E-state index in [1.165, 1.54) is 70.6 Å². The van der Waals surface area contributed by atoms with Crippen molar-refractivity contribution in [2.45, 2.75) is 110 Å². The average Bonchev–Trinajstić information content (AvgIpc) is 2.72. The average molecular weight is 409 g/mol. The SMILES string of the molecule is CCCCCCCCCC/C=C/CCOC(=O)/C=C/C(=O)OCCCCCCC. The molecule has 0 fully saturated rings. The van der Waals surface area contributed by atoms with Gasteiger partial charge in [-0.15, -0.1) is 0 Å². The van der Waals surface area contributed by atoms with Gasteiger partial charge in [0.05, 0.1) is 13.2 Å². The molecule has 29 heavy (non-hydrogen) atoms. The minimum Gasteiger partial charge on any atom is -0.463 e. The van der Waals surface area contributed by atoms with E-state index in [2.05, 4.69) is 26.0 Å². The van der Waals surface area contributed by atoms with Crippen LogP contribution < -0.4 is 0 Å². The molecule has 0 atom stereocenters. The second-order valence-electron chi connectivity index (χ2n) is 7.61. The minimum absolute atomic E-state index is 0.337. The fourth-order valence-electron chi connectivity index (χ4n) is 2.97. The molecule has 0 bridgehead atoms. The first-order valence-electron chi connectivity index (χ1n) is 11.9. The predicted molar refractivity (Wildman–Crippen MR) is 121 cm³/mol. The Kier molecular flexibility index (Phi) is 21.5. The van der Waals surface area contributed by atoms with Crippen molar-refractivity contribution in [1.29, 1.82) is 0 Å². The van der Waals surface area contributed by atoms with E-state index < -0.39 is 11.9 Å². The van der Waals surface area contributed by atoms with Gasteiger partial charge in [-0.25, -0.2) is 9.59 Å². The van der Waals surface area contributed by atoms with E-state index in [4.69, 9.17) is 9.47 Å². The summed E-state index contributed by atoms with van der Waals surface area (Å²) in [6.07, 6.45) is 24.5. The molecule has 0 saturated carbocycles. The Morgan fingerprint density at radius 3 is 1.59 bits per heavy atom. The van der Waals surface area contributed by atoms with E-state index in [1.807, 2.05) is 0 Å². The Hall–Kier alpha value is -1.58. The zero-order valence-corrected chi connectivity index (χ0v) is 19.0. The number of esters is 2. The van der Waals surface area contributed by atoms with E-state index in [-0.39, 0.29) is 0 Å². The van der Waals surface area contributed by atoms with Gasteiger partial charge in [0.2, 0.25) is 0 Å². The fourth-order valence-corrected chi connectivity index (χ4v) is 2.97. The molecule has 0 aliphatic rings. The maximum Gasteiger partial charge on any atom is 0.331 e. The molecule has 0 amide bonds. The maximum absolute atomic E-state index is 11.6. The Labute approximate surface area is 179 Å². The maximum atomic E-state index is 11.6. The highest BCUT2D eigenvalue weighted by molar-refractivity contribution is 5.91. The van der Waals surface area contributed by atoms with E-state index in [0.29, 0.717) is 19.6 Å². The predicted octanol–water partition coefficient (Wildman–Crippen LogP) is 7.08. The Bertz CT molecular complexity index is 440. The van der Waals surface area contributed by atoms with Crippen molar-refractivity contribution in [1.82, 2.24) is 0 Å². The van der Waals surface area contributed by atoms with Gasteiger partial charge in [0.15, 0.2) is 0 Å². The molecule has 168 valence electrons. The Balaban J connectivity index is 3.48. The van der Waals surface area contributed by atoms with Crippen LogP contribution in [0.3, 0.4) is 0 Å². The molecule has 0 N–H and O–H groups in total. The number of hydrogen-bond donors (Lipinski definition) is 0. The monoisotopic (exact) mass is 408 g/mol. The molecule has 0 aromatic carbocycles. The number of rotatable bonds is 20. The van der Waals surface area contributed by atoms with Crippen molar-refractivity contribution in [3.63, 3.8) is 0 Å². The highest BCUT2D eigenvalue weighted by Gasteiger charge is 2.00. The van der Waals surface area contributed by atoms with Gasteiger partial charge in [-0.3, -0.25) is 0 Å². The summed E-state index contributed by atoms with van der Waals surface area (Å²) < 4.78 is 10.1. The molecular formula is C25H44O4. The van der Waals surface area contributed by atoms with Crippen LogP contribution in [0.15, 0.2) is 24.3 Å². The number of carbonyl (C=O) groups is 2. The number of ether oxygens (including phenoxy) is 2. The topological polar surface area (TPSA) is 52.6 Å². The molecular weight excluding hydrogens is 364 g/mol. The van der Waals surface area contributed by atoms with E-state index in [9.17, 15) is 9.59 Å². The van der Waals surface area contributed by atoms with Gasteiger partial charge in [-0.1, -0.05) is 96.6 Å². The summed E-state index contributed by atoms with van der Waals surface area (Å²) in [4.78, 5) is 23.1. The molecule has 0 aromatic rings. The quantitative estimate of drug-likeness (QED) is 0.0935. The Morgan fingerprint density at radius 2 is 1.00 bits per heavy atom.